The van der Waals surface area contributed by atoms with E-state index >= 15 is 0 Å². The van der Waals surface area contributed by atoms with Gasteiger partial charge < -0.3 is 20.4 Å². The summed E-state index contributed by atoms with van der Waals surface area (Å²) in [4.78, 5) is 13.5. The number of hydrogen-bond acceptors (Lipinski definition) is 4. The van der Waals surface area contributed by atoms with Gasteiger partial charge in [0.05, 0.1) is 0 Å². The molecule has 0 saturated carbocycles. The van der Waals surface area contributed by atoms with Crippen LogP contribution in [-0.2, 0) is 6.54 Å². The van der Waals surface area contributed by atoms with Crippen molar-refractivity contribution in [3.05, 3.63) is 23.9 Å². The molecule has 1 aromatic rings. The number of likely N-dealkylation sites (N-methyl/N-ethyl adjacent to an activating group) is 1. The average molecular weight is 432 g/mol. The molecule has 0 aromatic carbocycles. The Kier molecular flexibility index (Phi) is 9.23. The second kappa shape index (κ2) is 10.6. The molecule has 2 heterocycles. The molecule has 0 spiro atoms. The Balaban J connectivity index is 0.00000264. The number of piperazine rings is 1. The number of rotatable bonds is 5. The molecule has 0 atom stereocenters. The second-order valence-electron chi connectivity index (χ2n) is 5.67. The van der Waals surface area contributed by atoms with Crippen molar-refractivity contribution < 1.29 is 0 Å². The van der Waals surface area contributed by atoms with Gasteiger partial charge in [-0.25, -0.2) is 4.98 Å². The van der Waals surface area contributed by atoms with Crippen molar-refractivity contribution in [1.29, 1.82) is 0 Å². The Morgan fingerprint density at radius 2 is 1.96 bits per heavy atom. The van der Waals surface area contributed by atoms with Crippen molar-refractivity contribution in [3.8, 4) is 0 Å². The quantitative estimate of drug-likeness (QED) is 0.420. The minimum atomic E-state index is 0. The highest BCUT2D eigenvalue weighted by Crippen LogP contribution is 2.13. The Labute approximate surface area is 156 Å². The number of hydrogen-bond donors (Lipinski definition) is 2. The van der Waals surface area contributed by atoms with Gasteiger partial charge in [0.1, 0.15) is 5.82 Å². The lowest BCUT2D eigenvalue weighted by Gasteiger charge is -2.33. The summed E-state index contributed by atoms with van der Waals surface area (Å²) in [6.07, 6.45) is 3.04. The van der Waals surface area contributed by atoms with E-state index < -0.39 is 0 Å². The first-order valence-electron chi connectivity index (χ1n) is 8.06. The first kappa shape index (κ1) is 20.0. The van der Waals surface area contributed by atoms with Gasteiger partial charge in [0.25, 0.3) is 0 Å². The maximum Gasteiger partial charge on any atom is 0.191 e. The topological polar surface area (TPSA) is 55.8 Å². The first-order valence-corrected chi connectivity index (χ1v) is 8.06. The summed E-state index contributed by atoms with van der Waals surface area (Å²) in [5.74, 6) is 1.91. The fourth-order valence-corrected chi connectivity index (χ4v) is 2.39. The summed E-state index contributed by atoms with van der Waals surface area (Å²) in [5, 5.41) is 6.57. The van der Waals surface area contributed by atoms with E-state index in [1.807, 2.05) is 6.20 Å². The van der Waals surface area contributed by atoms with Crippen LogP contribution in [0.3, 0.4) is 0 Å². The summed E-state index contributed by atoms with van der Waals surface area (Å²) in [5.41, 5.74) is 1.16. The number of anilines is 1. The highest BCUT2D eigenvalue weighted by Gasteiger charge is 2.14. The number of aliphatic imine (C=N–C) groups is 1. The van der Waals surface area contributed by atoms with Gasteiger partial charge in [-0.05, 0) is 25.1 Å². The number of nitrogens with zero attached hydrogens (tertiary/aromatic N) is 4. The van der Waals surface area contributed by atoms with Gasteiger partial charge in [-0.2, -0.15) is 0 Å². The fraction of sp³-hybridized carbons (Fsp3) is 0.625. The third kappa shape index (κ3) is 6.50. The van der Waals surface area contributed by atoms with E-state index in [0.29, 0.717) is 0 Å². The van der Waals surface area contributed by atoms with Crippen LogP contribution in [0.25, 0.3) is 0 Å². The van der Waals surface area contributed by atoms with E-state index in [1.54, 1.807) is 7.05 Å². The number of nitrogens with one attached hydrogen (secondary N) is 2. The molecule has 1 aromatic heterocycles. The van der Waals surface area contributed by atoms with Gasteiger partial charge in [-0.3, -0.25) is 4.99 Å². The normalized spacial score (nSPS) is 16.0. The van der Waals surface area contributed by atoms with E-state index in [9.17, 15) is 0 Å². The van der Waals surface area contributed by atoms with Gasteiger partial charge in [0.2, 0.25) is 0 Å². The largest absolute Gasteiger partial charge is 0.356 e. The molecule has 0 aliphatic carbocycles. The van der Waals surface area contributed by atoms with E-state index in [2.05, 4.69) is 56.5 Å². The van der Waals surface area contributed by atoms with Crippen LogP contribution in [0.15, 0.2) is 23.3 Å². The molecule has 130 valence electrons. The van der Waals surface area contributed by atoms with Gasteiger partial charge in [-0.1, -0.05) is 13.0 Å². The highest BCUT2D eigenvalue weighted by molar-refractivity contribution is 14.0. The molecule has 2 rings (SSSR count). The number of halogens is 1. The Bertz CT molecular complexity index is 468. The lowest BCUT2D eigenvalue weighted by atomic mass is 10.2. The minimum absolute atomic E-state index is 0. The van der Waals surface area contributed by atoms with Crippen molar-refractivity contribution >= 4 is 35.8 Å². The Morgan fingerprint density at radius 1 is 1.22 bits per heavy atom. The van der Waals surface area contributed by atoms with E-state index in [1.165, 1.54) is 0 Å². The zero-order valence-corrected chi connectivity index (χ0v) is 16.7. The molecule has 0 amide bonds. The molecule has 0 radical (unpaired) electrons. The molecule has 6 nitrogen and oxygen atoms in total. The molecular weight excluding hydrogens is 403 g/mol. The summed E-state index contributed by atoms with van der Waals surface area (Å²) < 4.78 is 0. The number of guanidine groups is 1. The van der Waals surface area contributed by atoms with Crippen molar-refractivity contribution in [2.24, 2.45) is 4.99 Å². The molecular formula is C16H29IN6. The summed E-state index contributed by atoms with van der Waals surface area (Å²) in [6, 6.07) is 4.26. The molecule has 1 saturated heterocycles. The van der Waals surface area contributed by atoms with Crippen molar-refractivity contribution in [2.45, 2.75) is 19.9 Å². The van der Waals surface area contributed by atoms with Gasteiger partial charge in [0, 0.05) is 52.5 Å². The number of pyridine rings is 1. The molecule has 0 unspecified atom stereocenters. The van der Waals surface area contributed by atoms with Crippen LogP contribution >= 0.6 is 24.0 Å². The molecule has 1 aliphatic rings. The third-order valence-corrected chi connectivity index (χ3v) is 3.86. The summed E-state index contributed by atoms with van der Waals surface area (Å²) in [7, 11) is 3.96. The third-order valence-electron chi connectivity index (χ3n) is 3.86. The Morgan fingerprint density at radius 3 is 2.52 bits per heavy atom. The molecule has 2 N–H and O–H groups in total. The van der Waals surface area contributed by atoms with E-state index in [4.69, 9.17) is 0 Å². The van der Waals surface area contributed by atoms with Crippen molar-refractivity contribution in [1.82, 2.24) is 20.5 Å². The van der Waals surface area contributed by atoms with Crippen molar-refractivity contribution in [2.75, 3.05) is 51.7 Å². The van der Waals surface area contributed by atoms with Crippen LogP contribution in [0, 0.1) is 0 Å². The lowest BCUT2D eigenvalue weighted by Crippen LogP contribution is -2.44. The smallest absolute Gasteiger partial charge is 0.191 e. The predicted molar refractivity (Wildman–Crippen MR) is 108 cm³/mol. The summed E-state index contributed by atoms with van der Waals surface area (Å²) in [6.45, 7) is 8.11. The minimum Gasteiger partial charge on any atom is -0.356 e. The zero-order chi connectivity index (χ0) is 15.8. The average Bonchev–Trinajstić information content (AvgIpc) is 2.56. The second-order valence-corrected chi connectivity index (χ2v) is 5.67. The zero-order valence-electron chi connectivity index (χ0n) is 14.4. The molecule has 1 fully saturated rings. The van der Waals surface area contributed by atoms with Crippen LogP contribution in [0.5, 0.6) is 0 Å². The predicted octanol–water partition coefficient (Wildman–Crippen LogP) is 1.53. The molecule has 1 aliphatic heterocycles. The van der Waals surface area contributed by atoms with E-state index in [0.717, 1.165) is 63.0 Å². The van der Waals surface area contributed by atoms with Crippen LogP contribution in [-0.4, -0.2) is 62.7 Å². The van der Waals surface area contributed by atoms with Gasteiger partial charge in [0.15, 0.2) is 5.96 Å². The van der Waals surface area contributed by atoms with Gasteiger partial charge >= 0.3 is 0 Å². The monoisotopic (exact) mass is 432 g/mol. The SMILES string of the molecule is CCCNC(=NC)NCc1ccc(N2CCN(C)CC2)nc1.I. The molecule has 7 heteroatoms. The van der Waals surface area contributed by atoms with Crippen LogP contribution < -0.4 is 15.5 Å². The maximum absolute atomic E-state index is 4.60. The van der Waals surface area contributed by atoms with Crippen LogP contribution in [0.4, 0.5) is 5.82 Å². The maximum atomic E-state index is 4.60. The highest BCUT2D eigenvalue weighted by atomic mass is 127. The molecule has 23 heavy (non-hydrogen) atoms. The van der Waals surface area contributed by atoms with Gasteiger partial charge in [-0.15, -0.1) is 24.0 Å². The summed E-state index contributed by atoms with van der Waals surface area (Å²) >= 11 is 0. The van der Waals surface area contributed by atoms with E-state index in [-0.39, 0.29) is 24.0 Å². The lowest BCUT2D eigenvalue weighted by molar-refractivity contribution is 0.312. The van der Waals surface area contributed by atoms with Crippen LogP contribution in [0.2, 0.25) is 0 Å². The van der Waals surface area contributed by atoms with Crippen molar-refractivity contribution in [3.63, 3.8) is 0 Å². The fourth-order valence-electron chi connectivity index (χ4n) is 2.39. The van der Waals surface area contributed by atoms with Crippen LogP contribution in [0.1, 0.15) is 18.9 Å². The molecule has 0 bridgehead atoms. The number of aromatic nitrogens is 1. The Hall–Kier alpha value is -1.09. The standard InChI is InChI=1S/C16H28N6.HI/c1-4-7-18-16(17-2)20-13-14-5-6-15(19-12-14)22-10-8-21(3)9-11-22;/h5-6,12H,4,7-11,13H2,1-3H3,(H2,17,18,20);1H. The first-order chi connectivity index (χ1) is 10.7.